The topological polar surface area (TPSA) is 42.0 Å². The third-order valence-corrected chi connectivity index (χ3v) is 4.86. The Morgan fingerprint density at radius 3 is 2.25 bits per heavy atom. The molecular weight excluding hydrogens is 344 g/mol. The molecule has 28 heavy (non-hydrogen) atoms. The van der Waals surface area contributed by atoms with Crippen LogP contribution in [0.15, 0.2) is 72.8 Å². The number of amides is 1. The predicted molar refractivity (Wildman–Crippen MR) is 116 cm³/mol. The van der Waals surface area contributed by atoms with Crippen molar-refractivity contribution in [3.8, 4) is 11.3 Å². The van der Waals surface area contributed by atoms with Gasteiger partial charge in [0, 0.05) is 16.6 Å². The molecule has 0 radical (unpaired) electrons. The smallest absolute Gasteiger partial charge is 0.256 e. The molecule has 0 spiro atoms. The molecule has 138 valence electrons. The summed E-state index contributed by atoms with van der Waals surface area (Å²) >= 11 is 0. The predicted octanol–water partition coefficient (Wildman–Crippen LogP) is 6.08. The molecule has 3 heteroatoms. The zero-order valence-corrected chi connectivity index (χ0v) is 16.3. The SMILES string of the molecule is Cc1cc(C)cc(NC(=O)c2cc(-c3ccccc3C)nc3ccccc23)c1. The minimum atomic E-state index is -0.126. The van der Waals surface area contributed by atoms with Crippen LogP contribution in [0.5, 0.6) is 0 Å². The summed E-state index contributed by atoms with van der Waals surface area (Å²) in [7, 11) is 0. The molecule has 0 fully saturated rings. The fraction of sp³-hybridized carbons (Fsp3) is 0.120. The number of hydrogen-bond donors (Lipinski definition) is 1. The zero-order chi connectivity index (χ0) is 19.7. The Kier molecular flexibility index (Phi) is 4.66. The number of rotatable bonds is 3. The van der Waals surface area contributed by atoms with Gasteiger partial charge >= 0.3 is 0 Å². The molecule has 0 atom stereocenters. The number of para-hydroxylation sites is 1. The van der Waals surface area contributed by atoms with Crippen molar-refractivity contribution in [3.05, 3.63) is 95.1 Å². The summed E-state index contributed by atoms with van der Waals surface area (Å²) < 4.78 is 0. The lowest BCUT2D eigenvalue weighted by Crippen LogP contribution is -2.13. The Morgan fingerprint density at radius 1 is 0.821 bits per heavy atom. The van der Waals surface area contributed by atoms with Crippen LogP contribution in [0.2, 0.25) is 0 Å². The molecule has 0 aliphatic carbocycles. The van der Waals surface area contributed by atoms with Gasteiger partial charge in [-0.2, -0.15) is 0 Å². The van der Waals surface area contributed by atoms with Gasteiger partial charge in [-0.15, -0.1) is 0 Å². The number of carbonyl (C=O) groups is 1. The lowest BCUT2D eigenvalue weighted by atomic mass is 10.0. The third-order valence-electron chi connectivity index (χ3n) is 4.86. The molecule has 0 unspecified atom stereocenters. The number of nitrogens with zero attached hydrogens (tertiary/aromatic N) is 1. The fourth-order valence-electron chi connectivity index (χ4n) is 3.61. The molecule has 0 aliphatic heterocycles. The monoisotopic (exact) mass is 366 g/mol. The van der Waals surface area contributed by atoms with Crippen molar-refractivity contribution < 1.29 is 4.79 Å². The standard InChI is InChI=1S/C25H22N2O/c1-16-12-17(2)14-19(13-16)26-25(28)22-15-24(20-9-5-4-8-18(20)3)27-23-11-7-6-10-21(22)23/h4-15H,1-3H3,(H,26,28). The number of aromatic nitrogens is 1. The molecule has 1 amide bonds. The van der Waals surface area contributed by atoms with Gasteiger partial charge in [-0.25, -0.2) is 4.98 Å². The van der Waals surface area contributed by atoms with Crippen LogP contribution in [-0.4, -0.2) is 10.9 Å². The summed E-state index contributed by atoms with van der Waals surface area (Å²) in [5.74, 6) is -0.126. The van der Waals surface area contributed by atoms with Gasteiger partial charge in [-0.3, -0.25) is 4.79 Å². The van der Waals surface area contributed by atoms with E-state index in [9.17, 15) is 4.79 Å². The summed E-state index contributed by atoms with van der Waals surface area (Å²) in [6, 6.07) is 23.8. The third kappa shape index (κ3) is 3.52. The molecule has 0 saturated carbocycles. The first-order chi connectivity index (χ1) is 13.5. The maximum atomic E-state index is 13.2. The quantitative estimate of drug-likeness (QED) is 0.477. The van der Waals surface area contributed by atoms with E-state index in [0.29, 0.717) is 5.56 Å². The van der Waals surface area contributed by atoms with Gasteiger partial charge in [0.15, 0.2) is 0 Å². The molecule has 3 nitrogen and oxygen atoms in total. The molecule has 1 aromatic heterocycles. The van der Waals surface area contributed by atoms with Gasteiger partial charge in [0.1, 0.15) is 0 Å². The van der Waals surface area contributed by atoms with Crippen LogP contribution < -0.4 is 5.32 Å². The Morgan fingerprint density at radius 2 is 1.50 bits per heavy atom. The Balaban J connectivity index is 1.83. The first-order valence-electron chi connectivity index (χ1n) is 9.37. The molecular formula is C25H22N2O. The molecule has 1 heterocycles. The van der Waals surface area contributed by atoms with Crippen molar-refractivity contribution in [1.82, 2.24) is 4.98 Å². The van der Waals surface area contributed by atoms with E-state index in [4.69, 9.17) is 4.98 Å². The summed E-state index contributed by atoms with van der Waals surface area (Å²) in [4.78, 5) is 18.0. The molecule has 1 N–H and O–H groups in total. The maximum absolute atomic E-state index is 13.2. The van der Waals surface area contributed by atoms with E-state index in [1.165, 1.54) is 0 Å². The van der Waals surface area contributed by atoms with Crippen molar-refractivity contribution in [3.63, 3.8) is 0 Å². The van der Waals surface area contributed by atoms with E-state index in [0.717, 1.165) is 44.5 Å². The first-order valence-corrected chi connectivity index (χ1v) is 9.37. The van der Waals surface area contributed by atoms with Crippen LogP contribution >= 0.6 is 0 Å². The number of aryl methyl sites for hydroxylation is 3. The van der Waals surface area contributed by atoms with Gasteiger partial charge in [-0.05, 0) is 61.7 Å². The van der Waals surface area contributed by atoms with Crippen molar-refractivity contribution >= 4 is 22.5 Å². The number of hydrogen-bond acceptors (Lipinski definition) is 2. The molecule has 3 aromatic carbocycles. The highest BCUT2D eigenvalue weighted by Gasteiger charge is 2.15. The van der Waals surface area contributed by atoms with E-state index in [1.54, 1.807) is 0 Å². The van der Waals surface area contributed by atoms with Gasteiger partial charge in [-0.1, -0.05) is 48.5 Å². The van der Waals surface area contributed by atoms with Crippen LogP contribution in [0.1, 0.15) is 27.0 Å². The van der Waals surface area contributed by atoms with Crippen molar-refractivity contribution in [2.45, 2.75) is 20.8 Å². The number of carbonyl (C=O) groups excluding carboxylic acids is 1. The average Bonchev–Trinajstić information content (AvgIpc) is 2.66. The van der Waals surface area contributed by atoms with Crippen molar-refractivity contribution in [1.29, 1.82) is 0 Å². The number of anilines is 1. The van der Waals surface area contributed by atoms with Crippen LogP contribution in [0.3, 0.4) is 0 Å². The van der Waals surface area contributed by atoms with Gasteiger partial charge in [0.2, 0.25) is 0 Å². The van der Waals surface area contributed by atoms with Crippen LogP contribution in [0.4, 0.5) is 5.69 Å². The Hall–Kier alpha value is -3.46. The molecule has 0 aliphatic rings. The second-order valence-corrected chi connectivity index (χ2v) is 7.22. The van der Waals surface area contributed by atoms with Gasteiger partial charge < -0.3 is 5.32 Å². The van der Waals surface area contributed by atoms with Crippen LogP contribution in [0, 0.1) is 20.8 Å². The van der Waals surface area contributed by atoms with E-state index in [1.807, 2.05) is 74.5 Å². The average molecular weight is 366 g/mol. The van der Waals surface area contributed by atoms with E-state index >= 15 is 0 Å². The molecule has 4 aromatic rings. The maximum Gasteiger partial charge on any atom is 0.256 e. The first kappa shape index (κ1) is 17.9. The van der Waals surface area contributed by atoms with Gasteiger partial charge in [0.05, 0.1) is 16.8 Å². The van der Waals surface area contributed by atoms with E-state index in [2.05, 4.69) is 24.4 Å². The second kappa shape index (κ2) is 7.28. The highest BCUT2D eigenvalue weighted by molar-refractivity contribution is 6.13. The lowest BCUT2D eigenvalue weighted by molar-refractivity contribution is 0.102. The molecule has 0 saturated heterocycles. The van der Waals surface area contributed by atoms with E-state index in [-0.39, 0.29) is 5.91 Å². The van der Waals surface area contributed by atoms with Crippen LogP contribution in [0.25, 0.3) is 22.2 Å². The Labute approximate surface area is 165 Å². The lowest BCUT2D eigenvalue weighted by Gasteiger charge is -2.12. The minimum Gasteiger partial charge on any atom is -0.322 e. The van der Waals surface area contributed by atoms with Gasteiger partial charge in [0.25, 0.3) is 5.91 Å². The normalized spacial score (nSPS) is 10.8. The number of benzene rings is 3. The van der Waals surface area contributed by atoms with Crippen LogP contribution in [-0.2, 0) is 0 Å². The summed E-state index contributed by atoms with van der Waals surface area (Å²) in [6.45, 7) is 6.11. The fourth-order valence-corrected chi connectivity index (χ4v) is 3.61. The second-order valence-electron chi connectivity index (χ2n) is 7.22. The highest BCUT2D eigenvalue weighted by atomic mass is 16.1. The summed E-state index contributed by atoms with van der Waals surface area (Å²) in [5, 5.41) is 3.91. The Bertz CT molecular complexity index is 1170. The number of pyridine rings is 1. The summed E-state index contributed by atoms with van der Waals surface area (Å²) in [6.07, 6.45) is 0. The minimum absolute atomic E-state index is 0.126. The largest absolute Gasteiger partial charge is 0.322 e. The molecule has 4 rings (SSSR count). The number of fused-ring (bicyclic) bond motifs is 1. The van der Waals surface area contributed by atoms with Crippen molar-refractivity contribution in [2.24, 2.45) is 0 Å². The highest BCUT2D eigenvalue weighted by Crippen LogP contribution is 2.27. The summed E-state index contributed by atoms with van der Waals surface area (Å²) in [5.41, 5.74) is 7.46. The molecule has 0 bridgehead atoms. The van der Waals surface area contributed by atoms with E-state index < -0.39 is 0 Å². The van der Waals surface area contributed by atoms with Crippen molar-refractivity contribution in [2.75, 3.05) is 5.32 Å². The zero-order valence-electron chi connectivity index (χ0n) is 16.3. The number of nitrogens with one attached hydrogen (secondary N) is 1.